The van der Waals surface area contributed by atoms with E-state index in [0.717, 1.165) is 23.5 Å². The van der Waals surface area contributed by atoms with E-state index in [1.54, 1.807) is 24.9 Å². The molecular weight excluding hydrogens is 296 g/mol. The van der Waals surface area contributed by atoms with Gasteiger partial charge in [0.05, 0.1) is 11.3 Å². The molecule has 0 aliphatic carbocycles. The molecule has 0 saturated carbocycles. The Balaban J connectivity index is 2.14. The Morgan fingerprint density at radius 2 is 2.14 bits per heavy atom. The summed E-state index contributed by atoms with van der Waals surface area (Å²) in [7, 11) is -2.05. The van der Waals surface area contributed by atoms with Crippen LogP contribution in [0.4, 0.5) is 0 Å². The van der Waals surface area contributed by atoms with Gasteiger partial charge in [-0.25, -0.2) is 22.9 Å². The van der Waals surface area contributed by atoms with Crippen LogP contribution >= 0.6 is 0 Å². The number of aromatic carboxylic acids is 1. The zero-order chi connectivity index (χ0) is 15.6. The van der Waals surface area contributed by atoms with Crippen LogP contribution < -0.4 is 4.72 Å². The number of nitrogens with zero attached hydrogens (tertiary/aromatic N) is 3. The second kappa shape index (κ2) is 5.62. The lowest BCUT2D eigenvalue weighted by Crippen LogP contribution is -2.24. The third-order valence-electron chi connectivity index (χ3n) is 2.83. The minimum Gasteiger partial charge on any atom is -0.478 e. The van der Waals surface area contributed by atoms with Gasteiger partial charge in [-0.05, 0) is 19.1 Å². The SMILES string of the molecule is Cc1nn(C)cc1CNS(=O)(=O)c1ccc(C(=O)O)cn1. The minimum atomic E-state index is -3.80. The summed E-state index contributed by atoms with van der Waals surface area (Å²) < 4.78 is 28.1. The maximum Gasteiger partial charge on any atom is 0.337 e. The van der Waals surface area contributed by atoms with Crippen molar-refractivity contribution in [3.8, 4) is 0 Å². The Kier molecular flexibility index (Phi) is 4.05. The number of carbonyl (C=O) groups is 1. The highest BCUT2D eigenvalue weighted by Gasteiger charge is 2.17. The molecule has 0 bridgehead atoms. The van der Waals surface area contributed by atoms with Crippen molar-refractivity contribution in [2.45, 2.75) is 18.5 Å². The topological polar surface area (TPSA) is 114 Å². The monoisotopic (exact) mass is 310 g/mol. The van der Waals surface area contributed by atoms with E-state index < -0.39 is 16.0 Å². The number of hydrogen-bond acceptors (Lipinski definition) is 5. The molecule has 9 heteroatoms. The third kappa shape index (κ3) is 3.44. The first-order chi connectivity index (χ1) is 9.79. The molecular formula is C12H14N4O4S. The molecule has 0 unspecified atom stereocenters. The molecule has 0 aliphatic rings. The molecule has 2 rings (SSSR count). The zero-order valence-electron chi connectivity index (χ0n) is 11.4. The van der Waals surface area contributed by atoms with Crippen molar-refractivity contribution in [1.29, 1.82) is 0 Å². The predicted molar refractivity (Wildman–Crippen MR) is 73.2 cm³/mol. The quantitative estimate of drug-likeness (QED) is 0.821. The first-order valence-corrected chi connectivity index (χ1v) is 7.46. The Hall–Kier alpha value is -2.26. The number of carboxylic acids is 1. The highest BCUT2D eigenvalue weighted by molar-refractivity contribution is 7.89. The highest BCUT2D eigenvalue weighted by Crippen LogP contribution is 2.09. The number of nitrogens with one attached hydrogen (secondary N) is 1. The van der Waals surface area contributed by atoms with Gasteiger partial charge in [0.1, 0.15) is 0 Å². The van der Waals surface area contributed by atoms with Gasteiger partial charge in [-0.1, -0.05) is 0 Å². The molecule has 0 atom stereocenters. The van der Waals surface area contributed by atoms with E-state index in [4.69, 9.17) is 5.11 Å². The lowest BCUT2D eigenvalue weighted by Gasteiger charge is -2.05. The van der Waals surface area contributed by atoms with Crippen LogP contribution in [0, 0.1) is 6.92 Å². The van der Waals surface area contributed by atoms with E-state index >= 15 is 0 Å². The number of aromatic nitrogens is 3. The third-order valence-corrected chi connectivity index (χ3v) is 4.14. The van der Waals surface area contributed by atoms with Gasteiger partial charge in [0.25, 0.3) is 10.0 Å². The van der Waals surface area contributed by atoms with Gasteiger partial charge in [-0.3, -0.25) is 4.68 Å². The zero-order valence-corrected chi connectivity index (χ0v) is 12.3. The molecule has 0 aromatic carbocycles. The number of hydrogen-bond donors (Lipinski definition) is 2. The summed E-state index contributed by atoms with van der Waals surface area (Å²) in [5.41, 5.74) is 1.41. The Morgan fingerprint density at radius 3 is 2.62 bits per heavy atom. The molecule has 0 radical (unpaired) electrons. The molecule has 2 aromatic rings. The highest BCUT2D eigenvalue weighted by atomic mass is 32.2. The van der Waals surface area contributed by atoms with E-state index in [9.17, 15) is 13.2 Å². The Morgan fingerprint density at radius 1 is 1.43 bits per heavy atom. The van der Waals surface area contributed by atoms with Crippen molar-refractivity contribution in [3.05, 3.63) is 41.3 Å². The fraction of sp³-hybridized carbons (Fsp3) is 0.250. The average molecular weight is 310 g/mol. The van der Waals surface area contributed by atoms with Crippen molar-refractivity contribution in [2.75, 3.05) is 0 Å². The van der Waals surface area contributed by atoms with Gasteiger partial charge in [0.2, 0.25) is 0 Å². The van der Waals surface area contributed by atoms with Gasteiger partial charge < -0.3 is 5.11 Å². The summed E-state index contributed by atoms with van der Waals surface area (Å²) in [6.45, 7) is 1.87. The van der Waals surface area contributed by atoms with Crippen LogP contribution in [0.5, 0.6) is 0 Å². The standard InChI is InChI=1S/C12H14N4O4S/c1-8-10(7-16(2)15-8)6-14-21(19,20)11-4-3-9(5-13-11)12(17)18/h3-5,7,14H,6H2,1-2H3,(H,17,18). The molecule has 2 N–H and O–H groups in total. The van der Waals surface area contributed by atoms with Crippen LogP contribution in [-0.4, -0.2) is 34.3 Å². The number of rotatable bonds is 5. The van der Waals surface area contributed by atoms with E-state index in [-0.39, 0.29) is 17.1 Å². The number of sulfonamides is 1. The molecule has 0 aliphatic heterocycles. The van der Waals surface area contributed by atoms with E-state index in [2.05, 4.69) is 14.8 Å². The van der Waals surface area contributed by atoms with Gasteiger partial charge in [-0.2, -0.15) is 5.10 Å². The smallest absolute Gasteiger partial charge is 0.337 e. The molecule has 21 heavy (non-hydrogen) atoms. The maximum absolute atomic E-state index is 12.1. The summed E-state index contributed by atoms with van der Waals surface area (Å²) in [6.07, 6.45) is 2.73. The van der Waals surface area contributed by atoms with Crippen molar-refractivity contribution in [3.63, 3.8) is 0 Å². The lowest BCUT2D eigenvalue weighted by atomic mass is 10.3. The normalized spacial score (nSPS) is 11.5. The predicted octanol–water partition coefficient (Wildman–Crippen LogP) is 0.300. The van der Waals surface area contributed by atoms with Gasteiger partial charge in [0.15, 0.2) is 5.03 Å². The van der Waals surface area contributed by atoms with Crippen molar-refractivity contribution in [1.82, 2.24) is 19.5 Å². The summed E-state index contributed by atoms with van der Waals surface area (Å²) >= 11 is 0. The van der Waals surface area contributed by atoms with E-state index in [1.807, 2.05) is 0 Å². The summed E-state index contributed by atoms with van der Waals surface area (Å²) in [5, 5.41) is 12.6. The van der Waals surface area contributed by atoms with Crippen LogP contribution in [0.3, 0.4) is 0 Å². The minimum absolute atomic E-state index is 0.0722. The van der Waals surface area contributed by atoms with Crippen LogP contribution in [0.2, 0.25) is 0 Å². The summed E-state index contributed by atoms with van der Waals surface area (Å²) in [6, 6.07) is 2.35. The van der Waals surface area contributed by atoms with Crippen molar-refractivity contribution >= 4 is 16.0 Å². The number of carboxylic acid groups (broad SMARTS) is 1. The molecule has 0 saturated heterocycles. The summed E-state index contributed by atoms with van der Waals surface area (Å²) in [5.74, 6) is -1.16. The molecule has 2 heterocycles. The second-order valence-corrected chi connectivity index (χ2v) is 6.14. The molecule has 8 nitrogen and oxygen atoms in total. The van der Waals surface area contributed by atoms with Crippen LogP contribution in [0.25, 0.3) is 0 Å². The average Bonchev–Trinajstić information content (AvgIpc) is 2.75. The molecule has 112 valence electrons. The van der Waals surface area contributed by atoms with Gasteiger partial charge >= 0.3 is 5.97 Å². The molecule has 0 spiro atoms. The molecule has 2 aromatic heterocycles. The van der Waals surface area contributed by atoms with Crippen molar-refractivity contribution in [2.24, 2.45) is 7.05 Å². The fourth-order valence-electron chi connectivity index (χ4n) is 1.73. The first-order valence-electron chi connectivity index (χ1n) is 5.98. The van der Waals surface area contributed by atoms with E-state index in [0.29, 0.717) is 0 Å². The van der Waals surface area contributed by atoms with Crippen LogP contribution in [-0.2, 0) is 23.6 Å². The Bertz CT molecular complexity index is 765. The van der Waals surface area contributed by atoms with Crippen LogP contribution in [0.15, 0.2) is 29.6 Å². The van der Waals surface area contributed by atoms with E-state index in [1.165, 1.54) is 6.07 Å². The summed E-state index contributed by atoms with van der Waals surface area (Å²) in [4.78, 5) is 14.4. The lowest BCUT2D eigenvalue weighted by molar-refractivity contribution is 0.0696. The Labute approximate surface area is 121 Å². The van der Waals surface area contributed by atoms with Crippen LogP contribution in [0.1, 0.15) is 21.6 Å². The maximum atomic E-state index is 12.1. The van der Waals surface area contributed by atoms with Crippen molar-refractivity contribution < 1.29 is 18.3 Å². The first kappa shape index (κ1) is 15.1. The molecule has 0 amide bonds. The number of aryl methyl sites for hydroxylation is 2. The van der Waals surface area contributed by atoms with Gasteiger partial charge in [-0.15, -0.1) is 0 Å². The van der Waals surface area contributed by atoms with Gasteiger partial charge in [0, 0.05) is 31.5 Å². The molecule has 0 fully saturated rings. The fourth-order valence-corrected chi connectivity index (χ4v) is 2.67. The largest absolute Gasteiger partial charge is 0.478 e. The second-order valence-electron chi connectivity index (χ2n) is 4.43. The number of pyridine rings is 1.